The molecule has 130 valence electrons. The SMILES string of the molecule is CCCOc1ccc(-c2ccc(-c3ccc(CC)s3)cc2)c(F)c1F. The molecule has 1 aromatic heterocycles. The Labute approximate surface area is 150 Å². The maximum Gasteiger partial charge on any atom is 0.201 e. The molecule has 0 amide bonds. The van der Waals surface area contributed by atoms with Gasteiger partial charge in [0.05, 0.1) is 6.61 Å². The van der Waals surface area contributed by atoms with Crippen molar-refractivity contribution >= 4 is 11.3 Å². The van der Waals surface area contributed by atoms with Gasteiger partial charge >= 0.3 is 0 Å². The summed E-state index contributed by atoms with van der Waals surface area (Å²) in [6.07, 6.45) is 1.76. The smallest absolute Gasteiger partial charge is 0.201 e. The second kappa shape index (κ2) is 7.79. The lowest BCUT2D eigenvalue weighted by atomic mass is 10.0. The Balaban J connectivity index is 1.88. The number of benzene rings is 2. The summed E-state index contributed by atoms with van der Waals surface area (Å²) in [7, 11) is 0. The van der Waals surface area contributed by atoms with Crippen molar-refractivity contribution < 1.29 is 13.5 Å². The van der Waals surface area contributed by atoms with Gasteiger partial charge in [-0.15, -0.1) is 11.3 Å². The Bertz CT molecular complexity index is 853. The number of ether oxygens (including phenoxy) is 1. The number of thiophene rings is 1. The Morgan fingerprint density at radius 2 is 1.56 bits per heavy atom. The molecule has 3 aromatic rings. The Hall–Kier alpha value is -2.20. The minimum Gasteiger partial charge on any atom is -0.490 e. The fraction of sp³-hybridized carbons (Fsp3) is 0.238. The van der Waals surface area contributed by atoms with Crippen molar-refractivity contribution in [1.82, 2.24) is 0 Å². The Morgan fingerprint density at radius 3 is 2.20 bits per heavy atom. The van der Waals surface area contributed by atoms with Gasteiger partial charge < -0.3 is 4.74 Å². The van der Waals surface area contributed by atoms with Crippen molar-refractivity contribution in [1.29, 1.82) is 0 Å². The van der Waals surface area contributed by atoms with E-state index in [0.29, 0.717) is 12.2 Å². The molecule has 0 aliphatic rings. The molecule has 0 aliphatic carbocycles. The van der Waals surface area contributed by atoms with E-state index < -0.39 is 11.6 Å². The van der Waals surface area contributed by atoms with Crippen LogP contribution in [0.2, 0.25) is 0 Å². The normalized spacial score (nSPS) is 10.9. The predicted octanol–water partition coefficient (Wildman–Crippen LogP) is 6.71. The third-order valence-corrected chi connectivity index (χ3v) is 5.28. The number of hydrogen-bond acceptors (Lipinski definition) is 2. The fourth-order valence-electron chi connectivity index (χ4n) is 2.62. The van der Waals surface area contributed by atoms with Crippen LogP contribution in [0.3, 0.4) is 0 Å². The van der Waals surface area contributed by atoms with Gasteiger partial charge in [-0.05, 0) is 48.2 Å². The molecule has 0 spiro atoms. The van der Waals surface area contributed by atoms with Gasteiger partial charge in [0, 0.05) is 15.3 Å². The van der Waals surface area contributed by atoms with Crippen molar-refractivity contribution in [2.45, 2.75) is 26.7 Å². The molecular weight excluding hydrogens is 338 g/mol. The lowest BCUT2D eigenvalue weighted by Crippen LogP contribution is -2.00. The molecule has 1 nitrogen and oxygen atoms in total. The van der Waals surface area contributed by atoms with Crippen LogP contribution in [0.4, 0.5) is 8.78 Å². The highest BCUT2D eigenvalue weighted by Gasteiger charge is 2.16. The zero-order valence-electron chi connectivity index (χ0n) is 14.3. The van der Waals surface area contributed by atoms with E-state index in [0.717, 1.165) is 18.4 Å². The molecule has 0 radical (unpaired) electrons. The van der Waals surface area contributed by atoms with Crippen LogP contribution in [0.5, 0.6) is 5.75 Å². The predicted molar refractivity (Wildman–Crippen MR) is 100 cm³/mol. The summed E-state index contributed by atoms with van der Waals surface area (Å²) in [6.45, 7) is 4.41. The topological polar surface area (TPSA) is 9.23 Å². The number of halogens is 2. The van der Waals surface area contributed by atoms with Crippen LogP contribution < -0.4 is 4.74 Å². The van der Waals surface area contributed by atoms with Crippen LogP contribution in [0.25, 0.3) is 21.6 Å². The van der Waals surface area contributed by atoms with E-state index >= 15 is 0 Å². The zero-order valence-corrected chi connectivity index (χ0v) is 15.1. The van der Waals surface area contributed by atoms with Crippen LogP contribution in [-0.4, -0.2) is 6.61 Å². The molecule has 0 saturated carbocycles. The third kappa shape index (κ3) is 3.74. The second-order valence-electron chi connectivity index (χ2n) is 5.78. The summed E-state index contributed by atoms with van der Waals surface area (Å²) in [4.78, 5) is 2.51. The zero-order chi connectivity index (χ0) is 17.8. The molecule has 0 unspecified atom stereocenters. The van der Waals surface area contributed by atoms with E-state index in [1.165, 1.54) is 15.8 Å². The van der Waals surface area contributed by atoms with Gasteiger partial charge in [-0.1, -0.05) is 38.1 Å². The molecule has 3 rings (SSSR count). The first-order chi connectivity index (χ1) is 12.1. The molecule has 2 aromatic carbocycles. The van der Waals surface area contributed by atoms with Gasteiger partial charge in [0.25, 0.3) is 0 Å². The summed E-state index contributed by atoms with van der Waals surface area (Å²) >= 11 is 1.75. The van der Waals surface area contributed by atoms with Crippen LogP contribution in [0.1, 0.15) is 25.1 Å². The van der Waals surface area contributed by atoms with Crippen LogP contribution >= 0.6 is 11.3 Å². The maximum atomic E-state index is 14.4. The van der Waals surface area contributed by atoms with Crippen molar-refractivity contribution in [3.8, 4) is 27.3 Å². The Kier molecular flexibility index (Phi) is 5.49. The van der Waals surface area contributed by atoms with E-state index in [4.69, 9.17) is 4.74 Å². The average molecular weight is 358 g/mol. The average Bonchev–Trinajstić information content (AvgIpc) is 3.12. The standard InChI is InChI=1S/C21H20F2OS/c1-3-13-24-18-11-10-17(20(22)21(18)23)14-5-7-15(8-6-14)19-12-9-16(4-2)25-19/h5-12H,3-4,13H2,1-2H3. The summed E-state index contributed by atoms with van der Waals surface area (Å²) in [6, 6.07) is 14.8. The first kappa shape index (κ1) is 17.6. The molecule has 0 fully saturated rings. The van der Waals surface area contributed by atoms with Crippen molar-refractivity contribution in [2.24, 2.45) is 0 Å². The second-order valence-corrected chi connectivity index (χ2v) is 6.95. The van der Waals surface area contributed by atoms with E-state index in [1.807, 2.05) is 31.2 Å². The highest BCUT2D eigenvalue weighted by atomic mass is 32.1. The molecule has 25 heavy (non-hydrogen) atoms. The molecule has 4 heteroatoms. The van der Waals surface area contributed by atoms with Gasteiger partial charge in [0.2, 0.25) is 5.82 Å². The quantitative estimate of drug-likeness (QED) is 0.476. The lowest BCUT2D eigenvalue weighted by Gasteiger charge is -2.10. The number of hydrogen-bond donors (Lipinski definition) is 0. The number of aryl methyl sites for hydroxylation is 1. The molecule has 0 aliphatic heterocycles. The minimum absolute atomic E-state index is 0.0367. The van der Waals surface area contributed by atoms with Gasteiger partial charge in [-0.3, -0.25) is 0 Å². The first-order valence-electron chi connectivity index (χ1n) is 8.44. The van der Waals surface area contributed by atoms with E-state index in [2.05, 4.69) is 19.1 Å². The summed E-state index contributed by atoms with van der Waals surface area (Å²) in [5.74, 6) is -1.84. The van der Waals surface area contributed by atoms with Gasteiger partial charge in [0.15, 0.2) is 11.6 Å². The summed E-state index contributed by atoms with van der Waals surface area (Å²) < 4.78 is 33.8. The number of rotatable bonds is 6. The van der Waals surface area contributed by atoms with Crippen molar-refractivity contribution in [3.63, 3.8) is 0 Å². The van der Waals surface area contributed by atoms with Gasteiger partial charge in [0.1, 0.15) is 0 Å². The van der Waals surface area contributed by atoms with E-state index in [1.54, 1.807) is 17.4 Å². The van der Waals surface area contributed by atoms with Crippen LogP contribution in [0, 0.1) is 11.6 Å². The van der Waals surface area contributed by atoms with Crippen molar-refractivity contribution in [2.75, 3.05) is 6.61 Å². The summed E-state index contributed by atoms with van der Waals surface area (Å²) in [5, 5.41) is 0. The van der Waals surface area contributed by atoms with Crippen LogP contribution in [0.15, 0.2) is 48.5 Å². The third-order valence-electron chi connectivity index (χ3n) is 4.00. The molecular formula is C21H20F2OS. The molecule has 0 N–H and O–H groups in total. The first-order valence-corrected chi connectivity index (χ1v) is 9.26. The molecule has 1 heterocycles. The van der Waals surface area contributed by atoms with Gasteiger partial charge in [-0.2, -0.15) is 4.39 Å². The van der Waals surface area contributed by atoms with E-state index in [9.17, 15) is 8.78 Å². The molecule has 0 atom stereocenters. The highest BCUT2D eigenvalue weighted by Crippen LogP contribution is 2.33. The van der Waals surface area contributed by atoms with Crippen LogP contribution in [-0.2, 0) is 6.42 Å². The highest BCUT2D eigenvalue weighted by molar-refractivity contribution is 7.15. The molecule has 0 bridgehead atoms. The monoisotopic (exact) mass is 358 g/mol. The largest absolute Gasteiger partial charge is 0.490 e. The lowest BCUT2D eigenvalue weighted by molar-refractivity contribution is 0.295. The Morgan fingerprint density at radius 1 is 0.840 bits per heavy atom. The molecule has 0 saturated heterocycles. The fourth-order valence-corrected chi connectivity index (χ4v) is 3.57. The maximum absolute atomic E-state index is 14.4. The van der Waals surface area contributed by atoms with Gasteiger partial charge in [-0.25, -0.2) is 4.39 Å². The summed E-state index contributed by atoms with van der Waals surface area (Å²) in [5.41, 5.74) is 1.97. The van der Waals surface area contributed by atoms with E-state index in [-0.39, 0.29) is 11.3 Å². The minimum atomic E-state index is -0.930. The van der Waals surface area contributed by atoms with Crippen molar-refractivity contribution in [3.05, 3.63) is 65.0 Å².